The number of nitrogens with zero attached hydrogens (tertiary/aromatic N) is 4. The molecule has 0 bridgehead atoms. The molecule has 3 amide bonds. The number of anilines is 1. The van der Waals surface area contributed by atoms with Crippen molar-refractivity contribution in [2.45, 2.75) is 37.6 Å². The van der Waals surface area contributed by atoms with Gasteiger partial charge in [0.05, 0.1) is 21.6 Å². The minimum Gasteiger partial charge on any atom is -0.329 e. The largest absolute Gasteiger partial charge is 0.329 e. The fourth-order valence-corrected chi connectivity index (χ4v) is 6.98. The predicted molar refractivity (Wildman–Crippen MR) is 168 cm³/mol. The van der Waals surface area contributed by atoms with Crippen LogP contribution in [0.1, 0.15) is 63.5 Å². The number of amides is 3. The first kappa shape index (κ1) is 29.0. The Morgan fingerprint density at radius 2 is 1.81 bits per heavy atom. The number of piperidine rings is 1. The molecule has 220 valence electrons. The second kappa shape index (κ2) is 11.9. The number of halogens is 2. The van der Waals surface area contributed by atoms with E-state index < -0.39 is 5.54 Å². The number of hydrogen-bond donors (Lipinski definition) is 3. The molecule has 10 nitrogen and oxygen atoms in total. The van der Waals surface area contributed by atoms with E-state index >= 15 is 0 Å². The number of carbonyl (C=O) groups excluding carboxylic acids is 3. The topological polar surface area (TPSA) is 132 Å². The number of ketones is 1. The van der Waals surface area contributed by atoms with Crippen LogP contribution in [0, 0.1) is 0 Å². The first-order chi connectivity index (χ1) is 20.7. The zero-order valence-electron chi connectivity index (χ0n) is 23.1. The van der Waals surface area contributed by atoms with Gasteiger partial charge in [0.2, 0.25) is 5.95 Å². The average Bonchev–Trinajstić information content (AvgIpc) is 3.63. The van der Waals surface area contributed by atoms with Crippen LogP contribution in [-0.4, -0.2) is 61.4 Å². The van der Waals surface area contributed by atoms with E-state index in [0.717, 1.165) is 17.8 Å². The van der Waals surface area contributed by atoms with E-state index in [9.17, 15) is 14.4 Å². The van der Waals surface area contributed by atoms with Crippen LogP contribution < -0.4 is 10.6 Å². The lowest BCUT2D eigenvalue weighted by Crippen LogP contribution is -2.53. The molecule has 13 heteroatoms. The molecule has 0 spiro atoms. The number of rotatable bonds is 6. The van der Waals surface area contributed by atoms with Crippen molar-refractivity contribution < 1.29 is 14.4 Å². The zero-order valence-corrected chi connectivity index (χ0v) is 25.4. The Bertz CT molecular complexity index is 1780. The molecule has 1 unspecified atom stereocenters. The number of nitrogens with one attached hydrogen (secondary N) is 3. The molecular formula is C30H27Cl2N7O3S. The first-order valence-corrected chi connectivity index (χ1v) is 15.3. The Morgan fingerprint density at radius 1 is 1.05 bits per heavy atom. The van der Waals surface area contributed by atoms with Crippen molar-refractivity contribution in [3.05, 3.63) is 87.0 Å². The van der Waals surface area contributed by atoms with Crippen molar-refractivity contribution >= 4 is 74.4 Å². The molecule has 6 rings (SSSR count). The van der Waals surface area contributed by atoms with Gasteiger partial charge in [0.1, 0.15) is 16.0 Å². The smallest absolute Gasteiger partial charge is 0.318 e. The third kappa shape index (κ3) is 6.48. The van der Waals surface area contributed by atoms with E-state index in [0.29, 0.717) is 52.5 Å². The first-order valence-electron chi connectivity index (χ1n) is 13.7. The second-order valence-corrected chi connectivity index (χ2v) is 12.5. The number of aromatic amines is 1. The molecule has 2 aromatic heterocycles. The standard InChI is InChI=1S/C30H27Cl2N7O3S/c1-30(14-23(31)36-24(32)15-30)38-29(42)39-11-9-18(10-12-39)27-33-22(16-43-27)26(41)37-28-34-20-8-7-19(13-21(20)35-28)25(40)17-5-3-2-4-6-17/h2-8,13-14,16,18H,9-12,15H2,1H3,(H,38,42)(H2,34,35,37,41). The molecule has 1 atom stereocenters. The van der Waals surface area contributed by atoms with Gasteiger partial charge in [0, 0.05) is 41.9 Å². The third-order valence-electron chi connectivity index (χ3n) is 7.47. The lowest BCUT2D eigenvalue weighted by molar-refractivity contribution is 0.101. The summed E-state index contributed by atoms with van der Waals surface area (Å²) in [4.78, 5) is 56.6. The summed E-state index contributed by atoms with van der Waals surface area (Å²) in [6.07, 6.45) is 3.53. The van der Waals surface area contributed by atoms with E-state index in [1.54, 1.807) is 46.7 Å². The number of fused-ring (bicyclic) bond motifs is 1. The normalized spacial score (nSPS) is 19.1. The number of aliphatic imine (C=N–C) groups is 1. The van der Waals surface area contributed by atoms with Crippen molar-refractivity contribution in [3.63, 3.8) is 0 Å². The predicted octanol–water partition coefficient (Wildman–Crippen LogP) is 6.27. The summed E-state index contributed by atoms with van der Waals surface area (Å²) >= 11 is 13.6. The number of likely N-dealkylation sites (tertiary alicyclic amines) is 1. The zero-order chi connectivity index (χ0) is 30.1. The van der Waals surface area contributed by atoms with Crippen LogP contribution in [0.5, 0.6) is 0 Å². The van der Waals surface area contributed by atoms with Gasteiger partial charge >= 0.3 is 6.03 Å². The quantitative estimate of drug-likeness (QED) is 0.170. The number of urea groups is 1. The van der Waals surface area contributed by atoms with E-state index in [2.05, 4.69) is 30.6 Å². The SMILES string of the molecule is CC1(NC(=O)N2CCC(c3nc(C(=O)Nc4nc5ccc(C(=O)c6ccccc6)cc5[nH]4)cs3)CC2)C=C(Cl)N=C(Cl)C1. The molecule has 43 heavy (non-hydrogen) atoms. The Balaban J connectivity index is 1.05. The van der Waals surface area contributed by atoms with Gasteiger partial charge in [-0.25, -0.2) is 19.8 Å². The van der Waals surface area contributed by atoms with Crippen LogP contribution >= 0.6 is 34.5 Å². The lowest BCUT2D eigenvalue weighted by atomic mass is 9.96. The summed E-state index contributed by atoms with van der Waals surface area (Å²) in [6.45, 7) is 2.97. The van der Waals surface area contributed by atoms with Crippen LogP contribution in [0.2, 0.25) is 0 Å². The van der Waals surface area contributed by atoms with Gasteiger partial charge < -0.3 is 15.2 Å². The lowest BCUT2D eigenvalue weighted by Gasteiger charge is -2.36. The van der Waals surface area contributed by atoms with Crippen molar-refractivity contribution in [2.24, 2.45) is 4.99 Å². The van der Waals surface area contributed by atoms with Crippen LogP contribution in [-0.2, 0) is 0 Å². The van der Waals surface area contributed by atoms with Crippen molar-refractivity contribution in [1.82, 2.24) is 25.2 Å². The fourth-order valence-electron chi connectivity index (χ4n) is 5.26. The number of thiazole rings is 1. The molecule has 2 aromatic carbocycles. The third-order valence-corrected chi connectivity index (χ3v) is 8.89. The molecule has 0 aliphatic carbocycles. The monoisotopic (exact) mass is 635 g/mol. The highest BCUT2D eigenvalue weighted by Crippen LogP contribution is 2.31. The molecule has 3 N–H and O–H groups in total. The Morgan fingerprint density at radius 3 is 2.56 bits per heavy atom. The minimum absolute atomic E-state index is 0.0930. The average molecular weight is 637 g/mol. The minimum atomic E-state index is -0.705. The maximum Gasteiger partial charge on any atom is 0.318 e. The van der Waals surface area contributed by atoms with E-state index in [-0.39, 0.29) is 34.7 Å². The van der Waals surface area contributed by atoms with E-state index in [1.165, 1.54) is 11.3 Å². The Hall–Kier alpha value is -4.06. The van der Waals surface area contributed by atoms with Crippen LogP contribution in [0.3, 0.4) is 0 Å². The highest BCUT2D eigenvalue weighted by molar-refractivity contribution is 7.10. The Labute approximate surface area is 261 Å². The van der Waals surface area contributed by atoms with Crippen LogP contribution in [0.25, 0.3) is 11.0 Å². The molecule has 4 aromatic rings. The van der Waals surface area contributed by atoms with Gasteiger partial charge in [-0.15, -0.1) is 11.3 Å². The van der Waals surface area contributed by atoms with E-state index in [1.807, 2.05) is 25.1 Å². The molecule has 1 saturated heterocycles. The molecule has 0 radical (unpaired) electrons. The van der Waals surface area contributed by atoms with Crippen LogP contribution in [0.15, 0.2) is 70.1 Å². The molecule has 2 aliphatic rings. The van der Waals surface area contributed by atoms with Crippen molar-refractivity contribution in [1.29, 1.82) is 0 Å². The van der Waals surface area contributed by atoms with Crippen LogP contribution in [0.4, 0.5) is 10.7 Å². The highest BCUT2D eigenvalue weighted by atomic mass is 35.5. The summed E-state index contributed by atoms with van der Waals surface area (Å²) in [5.41, 5.74) is 1.98. The number of H-pyrrole nitrogens is 1. The van der Waals surface area contributed by atoms with Gasteiger partial charge in [-0.3, -0.25) is 14.9 Å². The molecule has 2 aliphatic heterocycles. The fraction of sp³-hybridized carbons (Fsp3) is 0.267. The van der Waals surface area contributed by atoms with Gasteiger partial charge in [0.25, 0.3) is 5.91 Å². The summed E-state index contributed by atoms with van der Waals surface area (Å²) < 4.78 is 0. The van der Waals surface area contributed by atoms with E-state index in [4.69, 9.17) is 23.2 Å². The van der Waals surface area contributed by atoms with Gasteiger partial charge in [-0.1, -0.05) is 53.5 Å². The Kier molecular flexibility index (Phi) is 8.04. The number of aromatic nitrogens is 3. The summed E-state index contributed by atoms with van der Waals surface area (Å²) in [7, 11) is 0. The highest BCUT2D eigenvalue weighted by Gasteiger charge is 2.33. The molecule has 0 saturated carbocycles. The van der Waals surface area contributed by atoms with Gasteiger partial charge in [-0.2, -0.15) is 0 Å². The van der Waals surface area contributed by atoms with Gasteiger partial charge in [-0.05, 0) is 44.0 Å². The maximum absolute atomic E-state index is 13.0. The van der Waals surface area contributed by atoms with Crippen molar-refractivity contribution in [2.75, 3.05) is 18.4 Å². The number of carbonyl (C=O) groups is 3. The maximum atomic E-state index is 13.0. The van der Waals surface area contributed by atoms with Crippen molar-refractivity contribution in [3.8, 4) is 0 Å². The summed E-state index contributed by atoms with van der Waals surface area (Å²) in [5, 5.41) is 8.99. The van der Waals surface area contributed by atoms with Gasteiger partial charge in [0.15, 0.2) is 5.78 Å². The molecule has 1 fully saturated rings. The second-order valence-electron chi connectivity index (χ2n) is 10.8. The number of hydrogen-bond acceptors (Lipinski definition) is 7. The number of benzene rings is 2. The number of imidazole rings is 1. The molecular weight excluding hydrogens is 609 g/mol. The molecule has 4 heterocycles. The summed E-state index contributed by atoms with van der Waals surface area (Å²) in [6, 6.07) is 14.1. The summed E-state index contributed by atoms with van der Waals surface area (Å²) in [5.74, 6) is -0.0599.